The molecule has 1 saturated carbocycles. The molecule has 2 rings (SSSR count). The monoisotopic (exact) mass is 362 g/mol. The van der Waals surface area contributed by atoms with Crippen LogP contribution in [0.2, 0.25) is 5.02 Å². The number of rotatable bonds is 3. The molecule has 1 aromatic rings. The lowest BCUT2D eigenvalue weighted by Gasteiger charge is -2.35. The third-order valence-electron chi connectivity index (χ3n) is 3.67. The van der Waals surface area contributed by atoms with Gasteiger partial charge in [-0.25, -0.2) is 4.79 Å². The number of carbonyl (C=O) groups is 2. The highest BCUT2D eigenvalue weighted by molar-refractivity contribution is 6.30. The second kappa shape index (κ2) is 8.26. The van der Waals surface area contributed by atoms with Crippen LogP contribution in [0.15, 0.2) is 24.3 Å². The number of ether oxygens (including phenoxy) is 1. The molecule has 0 saturated heterocycles. The number of hydrogen-bond donors (Lipinski definition) is 2. The molecule has 1 aliphatic rings. The van der Waals surface area contributed by atoms with Crippen LogP contribution < -0.4 is 10.6 Å². The van der Waals surface area contributed by atoms with Crippen LogP contribution in [0.3, 0.4) is 0 Å². The van der Waals surface area contributed by atoms with Crippen molar-refractivity contribution in [3.05, 3.63) is 34.9 Å². The molecular weight excluding hydrogens is 340 g/mol. The molecule has 0 atom stereocenters. The summed E-state index contributed by atoms with van der Waals surface area (Å²) in [7, 11) is 0. The summed E-state index contributed by atoms with van der Waals surface area (Å²) < 4.78 is 5.18. The average Bonchev–Trinajstić information content (AvgIpc) is 2.47. The van der Waals surface area contributed by atoms with Crippen LogP contribution in [-0.2, 0) is 9.53 Å². The first-order valence-corrected chi connectivity index (χ1v) is 8.64. The van der Waals surface area contributed by atoms with Gasteiger partial charge in [0.25, 0.3) is 5.91 Å². The number of benzene rings is 1. The minimum absolute atomic E-state index is 0.109. The van der Waals surface area contributed by atoms with E-state index in [-0.39, 0.29) is 11.9 Å². The summed E-state index contributed by atoms with van der Waals surface area (Å²) in [5.41, 5.74) is 0.246. The van der Waals surface area contributed by atoms with Gasteiger partial charge in [0.2, 0.25) is 0 Å². The molecule has 25 heavy (non-hydrogen) atoms. The van der Waals surface area contributed by atoms with E-state index in [0.29, 0.717) is 17.5 Å². The third kappa shape index (κ3) is 7.06. The molecule has 1 aliphatic carbocycles. The van der Waals surface area contributed by atoms with Crippen molar-refractivity contribution in [1.82, 2.24) is 10.6 Å². The van der Waals surface area contributed by atoms with Crippen molar-refractivity contribution >= 4 is 23.6 Å². The molecule has 6 heteroatoms. The van der Waals surface area contributed by atoms with Crippen LogP contribution in [0.1, 0.15) is 39.2 Å². The van der Waals surface area contributed by atoms with Crippen molar-refractivity contribution in [3.8, 4) is 11.8 Å². The summed E-state index contributed by atoms with van der Waals surface area (Å²) in [5.74, 6) is 5.44. The largest absolute Gasteiger partial charge is 0.444 e. The zero-order valence-corrected chi connectivity index (χ0v) is 15.4. The van der Waals surface area contributed by atoms with E-state index in [1.54, 1.807) is 24.3 Å². The fraction of sp³-hybridized carbons (Fsp3) is 0.474. The van der Waals surface area contributed by atoms with E-state index < -0.39 is 11.7 Å². The highest BCUT2D eigenvalue weighted by atomic mass is 35.5. The molecule has 0 aliphatic heterocycles. The Morgan fingerprint density at radius 1 is 1.24 bits per heavy atom. The summed E-state index contributed by atoms with van der Waals surface area (Å²) in [4.78, 5) is 23.4. The predicted molar refractivity (Wildman–Crippen MR) is 97.2 cm³/mol. The first-order valence-electron chi connectivity index (χ1n) is 8.26. The van der Waals surface area contributed by atoms with Gasteiger partial charge >= 0.3 is 6.09 Å². The number of halogens is 1. The Morgan fingerprint density at radius 3 is 2.48 bits per heavy atom. The Kier molecular flexibility index (Phi) is 6.33. The normalized spacial score (nSPS) is 19.0. The van der Waals surface area contributed by atoms with E-state index in [2.05, 4.69) is 22.5 Å². The maximum Gasteiger partial charge on any atom is 0.407 e. The molecule has 0 radical (unpaired) electrons. The maximum atomic E-state index is 11.8. The van der Waals surface area contributed by atoms with Gasteiger partial charge in [-0.05, 0) is 63.8 Å². The smallest absolute Gasteiger partial charge is 0.407 e. The van der Waals surface area contributed by atoms with Crippen molar-refractivity contribution in [2.75, 3.05) is 6.54 Å². The number of amides is 2. The summed E-state index contributed by atoms with van der Waals surface area (Å²) in [6.07, 6.45) is 1.24. The van der Waals surface area contributed by atoms with Crippen LogP contribution >= 0.6 is 11.6 Å². The van der Waals surface area contributed by atoms with Gasteiger partial charge in [-0.1, -0.05) is 17.5 Å². The standard InChI is InChI=1S/C19H23ClN2O3/c1-19(2,3)25-18(24)21-12-14-10-16(11-14)22-17(23)9-6-13-4-7-15(20)8-5-13/h4-5,7-8,14,16H,10-12H2,1-3H3,(H,21,24)(H,22,23). The fourth-order valence-electron chi connectivity index (χ4n) is 2.45. The Balaban J connectivity index is 1.65. The summed E-state index contributed by atoms with van der Waals surface area (Å²) >= 11 is 5.80. The van der Waals surface area contributed by atoms with E-state index in [1.165, 1.54) is 0 Å². The highest BCUT2D eigenvalue weighted by Crippen LogP contribution is 2.26. The van der Waals surface area contributed by atoms with Gasteiger partial charge in [0.1, 0.15) is 5.60 Å². The van der Waals surface area contributed by atoms with E-state index in [1.807, 2.05) is 20.8 Å². The average molecular weight is 363 g/mol. The Bertz CT molecular complexity index is 677. The van der Waals surface area contributed by atoms with Gasteiger partial charge in [-0.15, -0.1) is 0 Å². The minimum Gasteiger partial charge on any atom is -0.444 e. The van der Waals surface area contributed by atoms with Gasteiger partial charge in [-0.3, -0.25) is 4.79 Å². The quantitative estimate of drug-likeness (QED) is 0.812. The van der Waals surface area contributed by atoms with Gasteiger partial charge in [0, 0.05) is 29.1 Å². The molecule has 1 fully saturated rings. The minimum atomic E-state index is -0.497. The Labute approximate surface area is 153 Å². The molecule has 0 heterocycles. The fourth-order valence-corrected chi connectivity index (χ4v) is 2.57. The predicted octanol–water partition coefficient (Wildman–Crippen LogP) is 3.11. The zero-order valence-electron chi connectivity index (χ0n) is 14.7. The highest BCUT2D eigenvalue weighted by Gasteiger charge is 2.30. The number of carbonyl (C=O) groups excluding carboxylic acids is 2. The molecule has 5 nitrogen and oxygen atoms in total. The molecule has 1 aromatic carbocycles. The van der Waals surface area contributed by atoms with Gasteiger partial charge in [-0.2, -0.15) is 0 Å². The van der Waals surface area contributed by atoms with Gasteiger partial charge in [0.05, 0.1) is 0 Å². The van der Waals surface area contributed by atoms with Crippen molar-refractivity contribution in [2.24, 2.45) is 5.92 Å². The first kappa shape index (κ1) is 19.1. The van der Waals surface area contributed by atoms with Crippen molar-refractivity contribution in [1.29, 1.82) is 0 Å². The van der Waals surface area contributed by atoms with Crippen LogP contribution in [-0.4, -0.2) is 30.2 Å². The molecule has 0 bridgehead atoms. The number of nitrogens with one attached hydrogen (secondary N) is 2. The van der Waals surface area contributed by atoms with E-state index >= 15 is 0 Å². The molecular formula is C19H23ClN2O3. The molecule has 2 N–H and O–H groups in total. The lowest BCUT2D eigenvalue weighted by molar-refractivity contribution is -0.117. The second-order valence-electron chi connectivity index (χ2n) is 7.15. The van der Waals surface area contributed by atoms with Crippen LogP contribution in [0, 0.1) is 17.8 Å². The topological polar surface area (TPSA) is 67.4 Å². The lowest BCUT2D eigenvalue weighted by Crippen LogP contribution is -2.47. The van der Waals surface area contributed by atoms with Crippen molar-refractivity contribution in [2.45, 2.75) is 45.3 Å². The van der Waals surface area contributed by atoms with E-state index in [0.717, 1.165) is 18.4 Å². The summed E-state index contributed by atoms with van der Waals surface area (Å²) in [6.45, 7) is 6.03. The molecule has 0 spiro atoms. The molecule has 0 aromatic heterocycles. The first-order chi connectivity index (χ1) is 11.7. The van der Waals surface area contributed by atoms with Gasteiger partial charge in [0.15, 0.2) is 0 Å². The molecule has 134 valence electrons. The Morgan fingerprint density at radius 2 is 1.88 bits per heavy atom. The maximum absolute atomic E-state index is 11.8. The number of hydrogen-bond acceptors (Lipinski definition) is 3. The zero-order chi connectivity index (χ0) is 18.4. The van der Waals surface area contributed by atoms with Crippen LogP contribution in [0.4, 0.5) is 4.79 Å². The van der Waals surface area contributed by atoms with Crippen molar-refractivity contribution < 1.29 is 14.3 Å². The van der Waals surface area contributed by atoms with Gasteiger partial charge < -0.3 is 15.4 Å². The second-order valence-corrected chi connectivity index (χ2v) is 7.58. The summed E-state index contributed by atoms with van der Waals surface area (Å²) in [5, 5.41) is 6.26. The Hall–Kier alpha value is -2.19. The summed E-state index contributed by atoms with van der Waals surface area (Å²) in [6, 6.07) is 7.11. The van der Waals surface area contributed by atoms with E-state index in [9.17, 15) is 9.59 Å². The lowest BCUT2D eigenvalue weighted by atomic mass is 9.80. The molecule has 2 amide bonds. The van der Waals surface area contributed by atoms with Crippen LogP contribution in [0.25, 0.3) is 0 Å². The third-order valence-corrected chi connectivity index (χ3v) is 3.92. The molecule has 0 unspecified atom stereocenters. The van der Waals surface area contributed by atoms with Crippen molar-refractivity contribution in [3.63, 3.8) is 0 Å². The van der Waals surface area contributed by atoms with E-state index in [4.69, 9.17) is 16.3 Å². The number of alkyl carbamates (subject to hydrolysis) is 1. The SMILES string of the molecule is CC(C)(C)OC(=O)NCC1CC(NC(=O)C#Cc2ccc(Cl)cc2)C1. The van der Waals surface area contributed by atoms with Crippen LogP contribution in [0.5, 0.6) is 0 Å².